The Morgan fingerprint density at radius 1 is 1.20 bits per heavy atom. The summed E-state index contributed by atoms with van der Waals surface area (Å²) in [6.07, 6.45) is 0.261. The summed E-state index contributed by atoms with van der Waals surface area (Å²) in [4.78, 5) is 38.0. The third kappa shape index (κ3) is 4.75. The summed E-state index contributed by atoms with van der Waals surface area (Å²) >= 11 is 0. The largest absolute Gasteiger partial charge is 0.444 e. The van der Waals surface area contributed by atoms with Gasteiger partial charge in [-0.15, -0.1) is 0 Å². The van der Waals surface area contributed by atoms with E-state index in [1.165, 1.54) is 0 Å². The fraction of sp³-hybridized carbons (Fsp3) is 0.591. The zero-order chi connectivity index (χ0) is 22.2. The molecule has 4 N–H and O–H groups in total. The predicted octanol–water partition coefficient (Wildman–Crippen LogP) is 1.49. The molecule has 30 heavy (non-hydrogen) atoms. The number of nitrogens with two attached hydrogens (primary N) is 1. The third-order valence-electron chi connectivity index (χ3n) is 5.81. The Balaban J connectivity index is 1.64. The number of ether oxygens (including phenoxy) is 1. The monoisotopic (exact) mass is 417 g/mol. The topological polar surface area (TPSA) is 122 Å². The molecule has 0 spiro atoms. The first kappa shape index (κ1) is 22.1. The Kier molecular flexibility index (Phi) is 5.82. The molecule has 0 aliphatic heterocycles. The lowest BCUT2D eigenvalue weighted by atomic mass is 9.43. The molecular formula is C22H31N3O5. The molecule has 3 saturated carbocycles. The third-order valence-corrected chi connectivity index (χ3v) is 5.81. The minimum Gasteiger partial charge on any atom is -0.444 e. The molecule has 3 aliphatic rings. The Labute approximate surface area is 176 Å². The van der Waals surface area contributed by atoms with Crippen LogP contribution in [0.5, 0.6) is 0 Å². The number of carbonyl (C=O) groups excluding carboxylic acids is 3. The van der Waals surface area contributed by atoms with E-state index >= 15 is 0 Å². The number of aliphatic hydroxyl groups is 1. The van der Waals surface area contributed by atoms with E-state index in [9.17, 15) is 19.5 Å². The van der Waals surface area contributed by atoms with Crippen LogP contribution in [0.1, 0.15) is 52.0 Å². The van der Waals surface area contributed by atoms with Crippen molar-refractivity contribution in [2.45, 2.75) is 75.7 Å². The van der Waals surface area contributed by atoms with E-state index in [0.29, 0.717) is 32.2 Å². The highest BCUT2D eigenvalue weighted by atomic mass is 16.6. The maximum atomic E-state index is 12.9. The van der Waals surface area contributed by atoms with Crippen molar-refractivity contribution in [2.24, 2.45) is 5.73 Å². The average molecular weight is 418 g/mol. The fourth-order valence-electron chi connectivity index (χ4n) is 4.56. The van der Waals surface area contributed by atoms with Gasteiger partial charge in [-0.2, -0.15) is 0 Å². The molecule has 1 aromatic carbocycles. The molecule has 8 nitrogen and oxygen atoms in total. The van der Waals surface area contributed by atoms with Gasteiger partial charge in [0.15, 0.2) is 0 Å². The Hall–Kier alpha value is -2.61. The van der Waals surface area contributed by atoms with Crippen LogP contribution in [-0.2, 0) is 20.7 Å². The lowest BCUT2D eigenvalue weighted by molar-refractivity contribution is -0.189. The van der Waals surface area contributed by atoms with Crippen molar-refractivity contribution in [1.29, 1.82) is 0 Å². The van der Waals surface area contributed by atoms with Crippen LogP contribution in [0.3, 0.4) is 0 Å². The highest BCUT2D eigenvalue weighted by Crippen LogP contribution is 2.63. The Morgan fingerprint density at radius 2 is 1.80 bits per heavy atom. The molecule has 2 bridgehead atoms. The van der Waals surface area contributed by atoms with Gasteiger partial charge in [0.1, 0.15) is 11.7 Å². The van der Waals surface area contributed by atoms with Crippen LogP contribution < -0.4 is 11.1 Å². The maximum Gasteiger partial charge on any atom is 0.408 e. The highest BCUT2D eigenvalue weighted by Gasteiger charge is 2.72. The average Bonchev–Trinajstić information content (AvgIpc) is 2.57. The van der Waals surface area contributed by atoms with E-state index in [2.05, 4.69) is 5.32 Å². The van der Waals surface area contributed by atoms with Crippen molar-refractivity contribution < 1.29 is 24.2 Å². The molecule has 3 fully saturated rings. The summed E-state index contributed by atoms with van der Waals surface area (Å²) in [6.45, 7) is 5.90. The van der Waals surface area contributed by atoms with E-state index in [-0.39, 0.29) is 23.4 Å². The summed E-state index contributed by atoms with van der Waals surface area (Å²) in [5, 5.41) is 12.7. The van der Waals surface area contributed by atoms with Crippen molar-refractivity contribution in [2.75, 3.05) is 6.54 Å². The van der Waals surface area contributed by atoms with Gasteiger partial charge in [0, 0.05) is 12.1 Å². The van der Waals surface area contributed by atoms with Gasteiger partial charge in [0.2, 0.25) is 11.8 Å². The smallest absolute Gasteiger partial charge is 0.408 e. The predicted molar refractivity (Wildman–Crippen MR) is 110 cm³/mol. The number of alkyl carbamates (subject to hydrolysis) is 1. The van der Waals surface area contributed by atoms with E-state index in [4.69, 9.17) is 10.5 Å². The number of hydrogen-bond acceptors (Lipinski definition) is 5. The van der Waals surface area contributed by atoms with Gasteiger partial charge in [-0.3, -0.25) is 9.59 Å². The Morgan fingerprint density at radius 3 is 2.33 bits per heavy atom. The van der Waals surface area contributed by atoms with Crippen molar-refractivity contribution in [3.05, 3.63) is 35.9 Å². The van der Waals surface area contributed by atoms with E-state index in [1.54, 1.807) is 4.90 Å². The minimum atomic E-state index is -1.50. The van der Waals surface area contributed by atoms with Crippen LogP contribution in [0.4, 0.5) is 4.79 Å². The SMILES string of the molecule is CC(C)(C)OC(=O)NC12CC(N(CCc3ccccc3)C(=O)C[C@@H](O)C(N)=O)(C1)C2. The number of hydrogen-bond donors (Lipinski definition) is 3. The van der Waals surface area contributed by atoms with Crippen LogP contribution in [-0.4, -0.2) is 57.2 Å². The second kappa shape index (κ2) is 7.91. The first-order valence-electron chi connectivity index (χ1n) is 10.3. The molecule has 0 radical (unpaired) electrons. The first-order chi connectivity index (χ1) is 13.9. The van der Waals surface area contributed by atoms with Crippen LogP contribution in [0.15, 0.2) is 30.3 Å². The number of benzene rings is 1. The second-order valence-electron chi connectivity index (χ2n) is 9.57. The van der Waals surface area contributed by atoms with E-state index < -0.39 is 23.7 Å². The van der Waals surface area contributed by atoms with Crippen molar-refractivity contribution >= 4 is 17.9 Å². The number of nitrogens with zero attached hydrogens (tertiary/aromatic N) is 1. The zero-order valence-corrected chi connectivity index (χ0v) is 17.8. The lowest BCUT2D eigenvalue weighted by Crippen LogP contribution is -2.84. The molecule has 1 atom stereocenters. The normalized spacial score (nSPS) is 25.3. The summed E-state index contributed by atoms with van der Waals surface area (Å²) < 4.78 is 5.34. The van der Waals surface area contributed by atoms with E-state index in [1.807, 2.05) is 51.1 Å². The molecule has 1 aromatic rings. The fourth-order valence-corrected chi connectivity index (χ4v) is 4.56. The molecule has 4 rings (SSSR count). The molecule has 164 valence electrons. The van der Waals surface area contributed by atoms with Gasteiger partial charge < -0.3 is 25.8 Å². The number of amides is 3. The van der Waals surface area contributed by atoms with Gasteiger partial charge in [-0.05, 0) is 52.0 Å². The second-order valence-corrected chi connectivity index (χ2v) is 9.57. The molecule has 0 heterocycles. The summed E-state index contributed by atoms with van der Waals surface area (Å²) in [5.41, 5.74) is 4.93. The van der Waals surface area contributed by atoms with Crippen LogP contribution in [0.2, 0.25) is 0 Å². The molecule has 8 heteroatoms. The molecule has 3 amide bonds. The quantitative estimate of drug-likeness (QED) is 0.592. The molecule has 0 saturated heterocycles. The lowest BCUT2D eigenvalue weighted by Gasteiger charge is -2.73. The number of rotatable bonds is 8. The standard InChI is InChI=1S/C22H31N3O5/c1-20(2,3)30-19(29)24-21-12-22(13-21,14-21)25(17(27)11-16(26)18(23)28)10-9-15-7-5-4-6-8-15/h4-8,16,26H,9-14H2,1-3H3,(H2,23,28)(H,24,29)/t16-,21?,22?/m1/s1. The van der Waals surface area contributed by atoms with Gasteiger partial charge >= 0.3 is 6.09 Å². The summed E-state index contributed by atoms with van der Waals surface area (Å²) in [6, 6.07) is 9.81. The van der Waals surface area contributed by atoms with Gasteiger partial charge in [0.25, 0.3) is 0 Å². The molecule has 0 unspecified atom stereocenters. The van der Waals surface area contributed by atoms with Crippen molar-refractivity contribution in [3.63, 3.8) is 0 Å². The summed E-state index contributed by atoms with van der Waals surface area (Å²) in [7, 11) is 0. The maximum absolute atomic E-state index is 12.9. The number of aliphatic hydroxyl groups excluding tert-OH is 1. The van der Waals surface area contributed by atoms with Crippen LogP contribution >= 0.6 is 0 Å². The minimum absolute atomic E-state index is 0.303. The van der Waals surface area contributed by atoms with Gasteiger partial charge in [-0.25, -0.2) is 4.79 Å². The number of primary amides is 1. The molecular weight excluding hydrogens is 386 g/mol. The highest BCUT2D eigenvalue weighted by molar-refractivity contribution is 5.87. The first-order valence-corrected chi connectivity index (χ1v) is 10.3. The number of nitrogens with one attached hydrogen (secondary N) is 1. The van der Waals surface area contributed by atoms with Crippen molar-refractivity contribution in [1.82, 2.24) is 10.2 Å². The Bertz CT molecular complexity index is 798. The molecule has 3 aliphatic carbocycles. The van der Waals surface area contributed by atoms with Crippen LogP contribution in [0, 0.1) is 0 Å². The van der Waals surface area contributed by atoms with E-state index in [0.717, 1.165) is 5.56 Å². The zero-order valence-electron chi connectivity index (χ0n) is 17.8. The van der Waals surface area contributed by atoms with Gasteiger partial charge in [-0.1, -0.05) is 30.3 Å². The van der Waals surface area contributed by atoms with Crippen LogP contribution in [0.25, 0.3) is 0 Å². The van der Waals surface area contributed by atoms with Crippen molar-refractivity contribution in [3.8, 4) is 0 Å². The van der Waals surface area contributed by atoms with Gasteiger partial charge in [0.05, 0.1) is 12.0 Å². The molecule has 0 aromatic heterocycles. The summed E-state index contributed by atoms with van der Waals surface area (Å²) in [5.74, 6) is -1.21. The number of carbonyl (C=O) groups is 3.